The Hall–Kier alpha value is -1.52. The van der Waals surface area contributed by atoms with Gasteiger partial charge in [-0.2, -0.15) is 11.8 Å². The van der Waals surface area contributed by atoms with Crippen molar-refractivity contribution in [3.05, 3.63) is 48.0 Å². The summed E-state index contributed by atoms with van der Waals surface area (Å²) in [5.74, 6) is 1.74. The fourth-order valence-electron chi connectivity index (χ4n) is 3.15. The molecule has 1 aliphatic heterocycles. The lowest BCUT2D eigenvalue weighted by atomic mass is 10.0. The number of nitrogens with one attached hydrogen (secondary N) is 1. The average molecular weight is 343 g/mol. The minimum Gasteiger partial charge on any atom is -0.381 e. The molecule has 0 aromatic heterocycles. The monoisotopic (exact) mass is 343 g/mol. The van der Waals surface area contributed by atoms with Crippen LogP contribution in [0.5, 0.6) is 0 Å². The summed E-state index contributed by atoms with van der Waals surface area (Å²) in [5.41, 5.74) is 1.40. The van der Waals surface area contributed by atoms with Gasteiger partial charge in [0.15, 0.2) is 0 Å². The maximum Gasteiger partial charge on any atom is 0.230 e. The SMILES string of the molecule is O=C(CSCCCc1cccc2ccccc12)NC1CCOCC1. The van der Waals surface area contributed by atoms with E-state index in [1.54, 1.807) is 11.8 Å². The Morgan fingerprint density at radius 1 is 1.12 bits per heavy atom. The van der Waals surface area contributed by atoms with Crippen molar-refractivity contribution < 1.29 is 9.53 Å². The molecule has 1 saturated heterocycles. The second-order valence-electron chi connectivity index (χ2n) is 6.25. The molecular formula is C20H25NO2S. The van der Waals surface area contributed by atoms with Gasteiger partial charge in [-0.1, -0.05) is 42.5 Å². The summed E-state index contributed by atoms with van der Waals surface area (Å²) in [4.78, 5) is 11.9. The summed E-state index contributed by atoms with van der Waals surface area (Å²) in [5, 5.41) is 5.77. The van der Waals surface area contributed by atoms with Gasteiger partial charge in [0.25, 0.3) is 0 Å². The molecule has 0 saturated carbocycles. The van der Waals surface area contributed by atoms with E-state index in [1.807, 2.05) is 0 Å². The molecule has 1 N–H and O–H groups in total. The van der Waals surface area contributed by atoms with Gasteiger partial charge >= 0.3 is 0 Å². The molecule has 0 spiro atoms. The highest BCUT2D eigenvalue weighted by Crippen LogP contribution is 2.20. The van der Waals surface area contributed by atoms with Crippen LogP contribution in [0, 0.1) is 0 Å². The van der Waals surface area contributed by atoms with Crippen LogP contribution in [0.4, 0.5) is 0 Å². The van der Waals surface area contributed by atoms with Crippen LogP contribution >= 0.6 is 11.8 Å². The topological polar surface area (TPSA) is 38.3 Å². The van der Waals surface area contributed by atoms with Crippen molar-refractivity contribution in [3.8, 4) is 0 Å². The minimum absolute atomic E-state index is 0.164. The van der Waals surface area contributed by atoms with Gasteiger partial charge in [-0.25, -0.2) is 0 Å². The molecule has 24 heavy (non-hydrogen) atoms. The van der Waals surface area contributed by atoms with E-state index in [0.29, 0.717) is 11.8 Å². The second-order valence-corrected chi connectivity index (χ2v) is 7.35. The molecule has 0 radical (unpaired) electrons. The summed E-state index contributed by atoms with van der Waals surface area (Å²) in [6.45, 7) is 1.53. The standard InChI is InChI=1S/C20H25NO2S/c22-20(21-18-10-12-23-13-11-18)15-24-14-4-8-17-7-3-6-16-5-1-2-9-19(16)17/h1-3,5-7,9,18H,4,8,10-15H2,(H,21,22). The molecule has 0 aliphatic carbocycles. The zero-order valence-corrected chi connectivity index (χ0v) is 14.8. The van der Waals surface area contributed by atoms with E-state index in [1.165, 1.54) is 16.3 Å². The number of carbonyl (C=O) groups excluding carboxylic acids is 1. The summed E-state index contributed by atoms with van der Waals surface area (Å²) in [6.07, 6.45) is 4.05. The Bertz CT molecular complexity index is 662. The van der Waals surface area contributed by atoms with Gasteiger partial charge in [-0.3, -0.25) is 4.79 Å². The van der Waals surface area contributed by atoms with Gasteiger partial charge in [-0.15, -0.1) is 0 Å². The Morgan fingerprint density at radius 3 is 2.79 bits per heavy atom. The van der Waals surface area contributed by atoms with Gasteiger partial charge in [0, 0.05) is 19.3 Å². The summed E-state index contributed by atoms with van der Waals surface area (Å²) >= 11 is 1.73. The fraction of sp³-hybridized carbons (Fsp3) is 0.450. The molecule has 2 aromatic rings. The van der Waals surface area contributed by atoms with Crippen molar-refractivity contribution >= 4 is 28.4 Å². The van der Waals surface area contributed by atoms with E-state index in [0.717, 1.165) is 44.6 Å². The first-order chi connectivity index (χ1) is 11.8. The number of carbonyl (C=O) groups is 1. The van der Waals surface area contributed by atoms with Gasteiger partial charge in [0.05, 0.1) is 5.75 Å². The van der Waals surface area contributed by atoms with E-state index in [9.17, 15) is 4.79 Å². The number of hydrogen-bond donors (Lipinski definition) is 1. The maximum absolute atomic E-state index is 11.9. The molecule has 0 atom stereocenters. The lowest BCUT2D eigenvalue weighted by molar-refractivity contribution is -0.119. The van der Waals surface area contributed by atoms with Crippen molar-refractivity contribution in [2.75, 3.05) is 24.7 Å². The largest absolute Gasteiger partial charge is 0.381 e. The molecule has 1 heterocycles. The molecule has 3 rings (SSSR count). The van der Waals surface area contributed by atoms with Gasteiger partial charge in [-0.05, 0) is 47.8 Å². The predicted octanol–water partition coefficient (Wildman–Crippen LogP) is 3.80. The maximum atomic E-state index is 11.9. The molecule has 1 aliphatic rings. The van der Waals surface area contributed by atoms with Gasteiger partial charge in [0.1, 0.15) is 0 Å². The summed E-state index contributed by atoms with van der Waals surface area (Å²) in [6, 6.07) is 15.3. The van der Waals surface area contributed by atoms with E-state index in [4.69, 9.17) is 4.74 Å². The normalized spacial score (nSPS) is 15.5. The Balaban J connectivity index is 1.37. The molecule has 0 bridgehead atoms. The minimum atomic E-state index is 0.164. The van der Waals surface area contributed by atoms with Crippen LogP contribution in [-0.4, -0.2) is 36.7 Å². The number of rotatable bonds is 7. The molecule has 3 nitrogen and oxygen atoms in total. The molecule has 128 valence electrons. The highest BCUT2D eigenvalue weighted by molar-refractivity contribution is 7.99. The first-order valence-corrected chi connectivity index (χ1v) is 9.90. The molecule has 4 heteroatoms. The fourth-order valence-corrected chi connectivity index (χ4v) is 3.91. The number of amides is 1. The highest BCUT2D eigenvalue weighted by Gasteiger charge is 2.15. The van der Waals surface area contributed by atoms with Crippen molar-refractivity contribution in [1.29, 1.82) is 0 Å². The lowest BCUT2D eigenvalue weighted by Gasteiger charge is -2.23. The Labute approximate surface area is 148 Å². The zero-order valence-electron chi connectivity index (χ0n) is 14.0. The van der Waals surface area contributed by atoms with E-state index in [-0.39, 0.29) is 5.91 Å². The van der Waals surface area contributed by atoms with Crippen LogP contribution in [0.1, 0.15) is 24.8 Å². The number of ether oxygens (including phenoxy) is 1. The quantitative estimate of drug-likeness (QED) is 0.777. The summed E-state index contributed by atoms with van der Waals surface area (Å²) < 4.78 is 5.31. The van der Waals surface area contributed by atoms with Crippen molar-refractivity contribution in [2.45, 2.75) is 31.7 Å². The smallest absolute Gasteiger partial charge is 0.230 e. The lowest BCUT2D eigenvalue weighted by Crippen LogP contribution is -2.39. The molecular weight excluding hydrogens is 318 g/mol. The van der Waals surface area contributed by atoms with Crippen LogP contribution in [0.15, 0.2) is 42.5 Å². The van der Waals surface area contributed by atoms with Gasteiger partial charge < -0.3 is 10.1 Å². The highest BCUT2D eigenvalue weighted by atomic mass is 32.2. The van der Waals surface area contributed by atoms with E-state index in [2.05, 4.69) is 47.8 Å². The predicted molar refractivity (Wildman–Crippen MR) is 102 cm³/mol. The van der Waals surface area contributed by atoms with Crippen molar-refractivity contribution in [1.82, 2.24) is 5.32 Å². The van der Waals surface area contributed by atoms with E-state index < -0.39 is 0 Å². The third-order valence-corrected chi connectivity index (χ3v) is 5.48. The third-order valence-electron chi connectivity index (χ3n) is 4.43. The van der Waals surface area contributed by atoms with Crippen LogP contribution < -0.4 is 5.32 Å². The Morgan fingerprint density at radius 2 is 1.92 bits per heavy atom. The van der Waals surface area contributed by atoms with Crippen LogP contribution in [0.2, 0.25) is 0 Å². The summed E-state index contributed by atoms with van der Waals surface area (Å²) in [7, 11) is 0. The van der Waals surface area contributed by atoms with Gasteiger partial charge in [0.2, 0.25) is 5.91 Å². The van der Waals surface area contributed by atoms with Crippen LogP contribution in [0.3, 0.4) is 0 Å². The van der Waals surface area contributed by atoms with Crippen molar-refractivity contribution in [2.24, 2.45) is 0 Å². The number of benzene rings is 2. The molecule has 1 amide bonds. The van der Waals surface area contributed by atoms with Crippen LogP contribution in [-0.2, 0) is 16.0 Å². The number of aryl methyl sites for hydroxylation is 1. The number of thioether (sulfide) groups is 1. The molecule has 0 unspecified atom stereocenters. The molecule has 1 fully saturated rings. The Kier molecular flexibility index (Phi) is 6.56. The van der Waals surface area contributed by atoms with E-state index >= 15 is 0 Å². The van der Waals surface area contributed by atoms with Crippen molar-refractivity contribution in [3.63, 3.8) is 0 Å². The number of hydrogen-bond acceptors (Lipinski definition) is 3. The second kappa shape index (κ2) is 9.09. The molecule has 2 aromatic carbocycles. The number of fused-ring (bicyclic) bond motifs is 1. The average Bonchev–Trinajstić information content (AvgIpc) is 2.62. The first kappa shape index (κ1) is 17.3. The van der Waals surface area contributed by atoms with Crippen LogP contribution in [0.25, 0.3) is 10.8 Å². The third kappa shape index (κ3) is 4.99. The first-order valence-electron chi connectivity index (χ1n) is 8.74. The zero-order chi connectivity index (χ0) is 16.6.